The first kappa shape index (κ1) is 15.2. The third-order valence-electron chi connectivity index (χ3n) is 1.97. The average Bonchev–Trinajstić information content (AvgIpc) is 2.27. The molecule has 0 aliphatic rings. The van der Waals surface area contributed by atoms with Crippen molar-refractivity contribution in [3.63, 3.8) is 0 Å². The van der Waals surface area contributed by atoms with Crippen LogP contribution in [0.15, 0.2) is 18.2 Å². The number of ether oxygens (including phenoxy) is 2. The van der Waals surface area contributed by atoms with Gasteiger partial charge in [-0.2, -0.15) is 0 Å². The monoisotopic (exact) mass is 259 g/mol. The molecule has 0 atom stereocenters. The maximum atomic E-state index is 10.5. The van der Waals surface area contributed by atoms with E-state index in [-0.39, 0.29) is 18.3 Å². The Morgan fingerprint density at radius 3 is 2.59 bits per heavy atom. The molecule has 0 aliphatic carbocycles. The highest BCUT2D eigenvalue weighted by Crippen LogP contribution is 2.20. The number of rotatable bonds is 3. The van der Waals surface area contributed by atoms with Gasteiger partial charge in [0.1, 0.15) is 5.75 Å². The minimum atomic E-state index is -1.02. The summed E-state index contributed by atoms with van der Waals surface area (Å²) in [5, 5.41) is 7.45. The zero-order valence-corrected chi connectivity index (χ0v) is 10.0. The van der Waals surface area contributed by atoms with Crippen molar-refractivity contribution in [2.75, 3.05) is 7.11 Å². The highest BCUT2D eigenvalue weighted by Gasteiger charge is 2.09. The molecule has 17 heavy (non-hydrogen) atoms. The standard InChI is InChI=1S/C10H13N3O3.ClH/c1-15-8-4-6(2-3-7(8)5-11)9(12)16-10(13)14;/h2-4,12H,5,11H2,1H3,(H2,13,14);1H. The normalized spacial score (nSPS) is 9.06. The van der Waals surface area contributed by atoms with E-state index in [0.29, 0.717) is 17.9 Å². The van der Waals surface area contributed by atoms with Crippen LogP contribution in [-0.2, 0) is 11.3 Å². The lowest BCUT2D eigenvalue weighted by Gasteiger charge is -2.09. The maximum absolute atomic E-state index is 10.5. The highest BCUT2D eigenvalue weighted by atomic mass is 35.5. The number of hydrogen-bond acceptors (Lipinski definition) is 5. The molecule has 0 aromatic heterocycles. The summed E-state index contributed by atoms with van der Waals surface area (Å²) >= 11 is 0. The van der Waals surface area contributed by atoms with Crippen molar-refractivity contribution in [1.29, 1.82) is 5.41 Å². The number of methoxy groups -OCH3 is 1. The van der Waals surface area contributed by atoms with Gasteiger partial charge in [-0.3, -0.25) is 5.41 Å². The molecule has 0 heterocycles. The number of primary amides is 1. The van der Waals surface area contributed by atoms with Gasteiger partial charge in [0.05, 0.1) is 7.11 Å². The second-order valence-corrected chi connectivity index (χ2v) is 2.98. The smallest absolute Gasteiger partial charge is 0.411 e. The Hall–Kier alpha value is -1.79. The summed E-state index contributed by atoms with van der Waals surface area (Å²) in [7, 11) is 1.50. The second-order valence-electron chi connectivity index (χ2n) is 2.98. The largest absolute Gasteiger partial charge is 0.496 e. The van der Waals surface area contributed by atoms with E-state index in [2.05, 4.69) is 4.74 Å². The minimum absolute atomic E-state index is 0. The summed E-state index contributed by atoms with van der Waals surface area (Å²) in [5.41, 5.74) is 11.5. The van der Waals surface area contributed by atoms with Crippen molar-refractivity contribution in [1.82, 2.24) is 0 Å². The molecular formula is C10H14ClN3O3. The molecule has 0 saturated carbocycles. The Balaban J connectivity index is 0.00000256. The lowest BCUT2D eigenvalue weighted by Crippen LogP contribution is -2.18. The van der Waals surface area contributed by atoms with Crippen molar-refractivity contribution in [2.24, 2.45) is 11.5 Å². The van der Waals surface area contributed by atoms with Crippen LogP contribution >= 0.6 is 12.4 Å². The lowest BCUT2D eigenvalue weighted by molar-refractivity contribution is 0.208. The van der Waals surface area contributed by atoms with Crippen LogP contribution in [0.4, 0.5) is 4.79 Å². The van der Waals surface area contributed by atoms with Crippen LogP contribution in [0.5, 0.6) is 5.75 Å². The molecule has 0 unspecified atom stereocenters. The molecule has 5 N–H and O–H groups in total. The topological polar surface area (TPSA) is 111 Å². The van der Waals surface area contributed by atoms with Crippen molar-refractivity contribution >= 4 is 24.4 Å². The summed E-state index contributed by atoms with van der Waals surface area (Å²) in [6.07, 6.45) is -1.02. The van der Waals surface area contributed by atoms with Gasteiger partial charge in [0.15, 0.2) is 0 Å². The molecule has 6 nitrogen and oxygen atoms in total. The van der Waals surface area contributed by atoms with Gasteiger partial charge in [-0.05, 0) is 12.1 Å². The van der Waals surface area contributed by atoms with Crippen molar-refractivity contribution < 1.29 is 14.3 Å². The maximum Gasteiger partial charge on any atom is 0.411 e. The Bertz CT molecular complexity index is 423. The lowest BCUT2D eigenvalue weighted by atomic mass is 10.1. The number of nitrogens with one attached hydrogen (secondary N) is 1. The molecule has 1 rings (SSSR count). The van der Waals surface area contributed by atoms with E-state index < -0.39 is 6.09 Å². The van der Waals surface area contributed by atoms with Gasteiger partial charge in [0, 0.05) is 17.7 Å². The molecule has 94 valence electrons. The average molecular weight is 260 g/mol. The Kier molecular flexibility index (Phi) is 6.01. The molecule has 0 saturated heterocycles. The molecule has 1 aromatic carbocycles. The number of nitrogens with two attached hydrogens (primary N) is 2. The van der Waals surface area contributed by atoms with Crippen LogP contribution in [0.25, 0.3) is 0 Å². The van der Waals surface area contributed by atoms with E-state index in [1.54, 1.807) is 18.2 Å². The summed E-state index contributed by atoms with van der Waals surface area (Å²) in [5.74, 6) is 0.215. The summed E-state index contributed by atoms with van der Waals surface area (Å²) in [6, 6.07) is 4.87. The molecular weight excluding hydrogens is 246 g/mol. The van der Waals surface area contributed by atoms with Gasteiger partial charge >= 0.3 is 6.09 Å². The Labute approximate surface area is 105 Å². The summed E-state index contributed by atoms with van der Waals surface area (Å²) < 4.78 is 9.53. The van der Waals surface area contributed by atoms with Crippen molar-refractivity contribution in [3.05, 3.63) is 29.3 Å². The Morgan fingerprint density at radius 1 is 1.47 bits per heavy atom. The van der Waals surface area contributed by atoms with E-state index in [1.165, 1.54) is 7.11 Å². The highest BCUT2D eigenvalue weighted by molar-refractivity contribution is 5.98. The fraction of sp³-hybridized carbons (Fsp3) is 0.200. The Morgan fingerprint density at radius 2 is 2.12 bits per heavy atom. The fourth-order valence-corrected chi connectivity index (χ4v) is 1.21. The molecule has 7 heteroatoms. The fourth-order valence-electron chi connectivity index (χ4n) is 1.21. The first-order chi connectivity index (χ1) is 7.58. The van der Waals surface area contributed by atoms with Crippen LogP contribution in [0.1, 0.15) is 11.1 Å². The zero-order valence-electron chi connectivity index (χ0n) is 9.23. The first-order valence-electron chi connectivity index (χ1n) is 4.51. The second kappa shape index (κ2) is 6.72. The molecule has 1 aromatic rings. The SMILES string of the molecule is COc1cc(C(=N)OC(N)=O)ccc1CN.Cl. The van der Waals surface area contributed by atoms with E-state index in [9.17, 15) is 4.79 Å². The summed E-state index contributed by atoms with van der Waals surface area (Å²) in [6.45, 7) is 0.327. The number of amides is 1. The predicted octanol–water partition coefficient (Wildman–Crippen LogP) is 0.996. The van der Waals surface area contributed by atoms with Gasteiger partial charge in [-0.25, -0.2) is 4.79 Å². The van der Waals surface area contributed by atoms with Crippen molar-refractivity contribution in [2.45, 2.75) is 6.54 Å². The number of carbonyl (C=O) groups is 1. The van der Waals surface area contributed by atoms with E-state index >= 15 is 0 Å². The summed E-state index contributed by atoms with van der Waals surface area (Å²) in [4.78, 5) is 10.5. The third kappa shape index (κ3) is 3.93. The van der Waals surface area contributed by atoms with E-state index in [0.717, 1.165) is 5.56 Å². The van der Waals surface area contributed by atoms with Crippen LogP contribution in [0, 0.1) is 5.41 Å². The quantitative estimate of drug-likeness (QED) is 0.555. The van der Waals surface area contributed by atoms with Gasteiger partial charge in [-0.1, -0.05) is 6.07 Å². The number of halogens is 1. The van der Waals surface area contributed by atoms with Gasteiger partial charge < -0.3 is 20.9 Å². The predicted molar refractivity (Wildman–Crippen MR) is 65.6 cm³/mol. The molecule has 1 amide bonds. The van der Waals surface area contributed by atoms with Crippen molar-refractivity contribution in [3.8, 4) is 5.75 Å². The van der Waals surface area contributed by atoms with Crippen LogP contribution in [-0.4, -0.2) is 19.1 Å². The molecule has 0 spiro atoms. The third-order valence-corrected chi connectivity index (χ3v) is 1.97. The molecule has 0 bridgehead atoms. The molecule has 0 radical (unpaired) electrons. The molecule has 0 aliphatic heterocycles. The van der Waals surface area contributed by atoms with Crippen LogP contribution in [0.2, 0.25) is 0 Å². The van der Waals surface area contributed by atoms with E-state index in [4.69, 9.17) is 21.6 Å². The zero-order chi connectivity index (χ0) is 12.1. The first-order valence-corrected chi connectivity index (χ1v) is 4.51. The van der Waals surface area contributed by atoms with Crippen LogP contribution in [0.3, 0.4) is 0 Å². The number of hydrogen-bond donors (Lipinski definition) is 3. The number of carbonyl (C=O) groups excluding carboxylic acids is 1. The van der Waals surface area contributed by atoms with Gasteiger partial charge in [0.2, 0.25) is 5.90 Å². The van der Waals surface area contributed by atoms with Gasteiger partial charge in [0.25, 0.3) is 0 Å². The van der Waals surface area contributed by atoms with Gasteiger partial charge in [-0.15, -0.1) is 12.4 Å². The van der Waals surface area contributed by atoms with Crippen LogP contribution < -0.4 is 16.2 Å². The number of benzene rings is 1. The van der Waals surface area contributed by atoms with E-state index in [1.807, 2.05) is 0 Å². The molecule has 0 fully saturated rings. The minimum Gasteiger partial charge on any atom is -0.496 e.